The van der Waals surface area contributed by atoms with Crippen molar-refractivity contribution in [2.24, 2.45) is 4.99 Å². The van der Waals surface area contributed by atoms with Crippen molar-refractivity contribution in [2.75, 3.05) is 39.8 Å². The second-order valence-electron chi connectivity index (χ2n) is 14.0. The lowest BCUT2D eigenvalue weighted by Crippen LogP contribution is -2.39. The lowest BCUT2D eigenvalue weighted by Gasteiger charge is -2.39. The van der Waals surface area contributed by atoms with Gasteiger partial charge in [0.1, 0.15) is 29.4 Å². The summed E-state index contributed by atoms with van der Waals surface area (Å²) in [5.74, 6) is 1.29. The van der Waals surface area contributed by atoms with Gasteiger partial charge in [-0.3, -0.25) is 9.36 Å². The fraction of sp³-hybridized carbons (Fsp3) is 0.429. The number of hydrogen-bond acceptors (Lipinski definition) is 11. The van der Waals surface area contributed by atoms with Crippen LogP contribution in [0.2, 0.25) is 0 Å². The second kappa shape index (κ2) is 20.8. The Morgan fingerprint density at radius 2 is 1.58 bits per heavy atom. The molecule has 1 aliphatic rings. The lowest BCUT2D eigenvalue weighted by atomic mass is 9.80. The highest BCUT2D eigenvalue weighted by molar-refractivity contribution is 14.1. The van der Waals surface area contributed by atoms with Crippen LogP contribution in [0.5, 0.6) is 11.5 Å². The fourth-order valence-electron chi connectivity index (χ4n) is 6.87. The van der Waals surface area contributed by atoms with E-state index >= 15 is 0 Å². The van der Waals surface area contributed by atoms with Gasteiger partial charge in [0.15, 0.2) is 5.82 Å². The average molecular weight is 914 g/mol. The van der Waals surface area contributed by atoms with Gasteiger partial charge < -0.3 is 38.3 Å². The minimum Gasteiger partial charge on any atom is -0.497 e. The SMILES string of the molecule is C/N=C\CCOP(OC1CC(n2cc(I)c(NC(C)=O)nc2=O)OC1COC(c1ccccc1)(c1ccc(OC)cc1)c1ccc(OC)cc1)N(C(C)C)C(C)C. The van der Waals surface area contributed by atoms with Gasteiger partial charge in [0.25, 0.3) is 8.53 Å². The van der Waals surface area contributed by atoms with E-state index in [4.69, 9.17) is 28.0 Å². The van der Waals surface area contributed by atoms with Gasteiger partial charge in [-0.15, -0.1) is 0 Å². The number of ether oxygens (including phenoxy) is 4. The predicted molar refractivity (Wildman–Crippen MR) is 231 cm³/mol. The van der Waals surface area contributed by atoms with Gasteiger partial charge in [-0.2, -0.15) is 4.98 Å². The van der Waals surface area contributed by atoms with Crippen molar-refractivity contribution in [1.29, 1.82) is 0 Å². The van der Waals surface area contributed by atoms with Crippen molar-refractivity contribution in [3.8, 4) is 11.5 Å². The summed E-state index contributed by atoms with van der Waals surface area (Å²) >= 11 is 2.05. The van der Waals surface area contributed by atoms with Gasteiger partial charge in [-0.1, -0.05) is 54.6 Å². The minimum absolute atomic E-state index is 0.0619. The summed E-state index contributed by atoms with van der Waals surface area (Å²) in [5, 5.41) is 2.63. The van der Waals surface area contributed by atoms with Crippen LogP contribution in [0.1, 0.15) is 70.4 Å². The third-order valence-corrected chi connectivity index (χ3v) is 12.4. The number of carbonyl (C=O) groups is 1. The predicted octanol–water partition coefficient (Wildman–Crippen LogP) is 7.96. The van der Waals surface area contributed by atoms with Crippen LogP contribution in [0.25, 0.3) is 0 Å². The molecule has 5 rings (SSSR count). The maximum absolute atomic E-state index is 13.5. The first-order valence-electron chi connectivity index (χ1n) is 18.9. The van der Waals surface area contributed by atoms with Crippen LogP contribution in [0.3, 0.4) is 0 Å². The molecule has 57 heavy (non-hydrogen) atoms. The van der Waals surface area contributed by atoms with Crippen LogP contribution in [0, 0.1) is 3.57 Å². The van der Waals surface area contributed by atoms with Crippen LogP contribution in [0.15, 0.2) is 94.8 Å². The average Bonchev–Trinajstić information content (AvgIpc) is 3.60. The van der Waals surface area contributed by atoms with Gasteiger partial charge in [0.2, 0.25) is 5.91 Å². The Morgan fingerprint density at radius 3 is 2.11 bits per heavy atom. The first kappa shape index (κ1) is 44.3. The van der Waals surface area contributed by atoms with E-state index in [-0.39, 0.29) is 30.4 Å². The van der Waals surface area contributed by atoms with Crippen LogP contribution in [-0.4, -0.2) is 85.1 Å². The topological polar surface area (TPSA) is 135 Å². The smallest absolute Gasteiger partial charge is 0.351 e. The molecule has 13 nitrogen and oxygen atoms in total. The van der Waals surface area contributed by atoms with E-state index in [1.54, 1.807) is 27.5 Å². The number of aliphatic imine (C=N–C) groups is 1. The summed E-state index contributed by atoms with van der Waals surface area (Å²) in [6.45, 7) is 10.3. The third-order valence-electron chi connectivity index (χ3n) is 9.43. The quantitative estimate of drug-likeness (QED) is 0.0325. The molecule has 0 aliphatic carbocycles. The van der Waals surface area contributed by atoms with Gasteiger partial charge in [-0.25, -0.2) is 9.46 Å². The van der Waals surface area contributed by atoms with E-state index in [1.807, 2.05) is 85.1 Å². The molecule has 15 heteroatoms. The molecule has 0 bridgehead atoms. The molecule has 4 unspecified atom stereocenters. The Kier molecular flexibility index (Phi) is 16.2. The normalized spacial score (nSPS) is 17.8. The van der Waals surface area contributed by atoms with Gasteiger partial charge in [0.05, 0.1) is 37.1 Å². The fourth-order valence-corrected chi connectivity index (χ4v) is 9.20. The van der Waals surface area contributed by atoms with Gasteiger partial charge >= 0.3 is 5.69 Å². The van der Waals surface area contributed by atoms with Crippen molar-refractivity contribution in [1.82, 2.24) is 14.2 Å². The summed E-state index contributed by atoms with van der Waals surface area (Å²) in [5.41, 5.74) is 0.934. The summed E-state index contributed by atoms with van der Waals surface area (Å²) in [7, 11) is 3.41. The van der Waals surface area contributed by atoms with Crippen LogP contribution < -0.4 is 20.5 Å². The van der Waals surface area contributed by atoms with Crippen LogP contribution in [-0.2, 0) is 28.9 Å². The van der Waals surface area contributed by atoms with E-state index in [9.17, 15) is 9.59 Å². The third kappa shape index (κ3) is 10.8. The molecule has 4 aromatic rings. The molecule has 3 aromatic carbocycles. The van der Waals surface area contributed by atoms with E-state index in [2.05, 4.69) is 70.2 Å². The Hall–Kier alpha value is -3.76. The number of carbonyl (C=O) groups excluding carboxylic acids is 1. The highest BCUT2D eigenvalue weighted by Gasteiger charge is 2.45. The summed E-state index contributed by atoms with van der Waals surface area (Å²) < 4.78 is 43.0. The molecule has 2 heterocycles. The van der Waals surface area contributed by atoms with E-state index < -0.39 is 38.3 Å². The van der Waals surface area contributed by atoms with Crippen molar-refractivity contribution in [3.63, 3.8) is 0 Å². The Balaban J connectivity index is 1.60. The van der Waals surface area contributed by atoms with Gasteiger partial charge in [0, 0.05) is 51.3 Å². The zero-order valence-electron chi connectivity index (χ0n) is 33.8. The number of hydrogen-bond donors (Lipinski definition) is 1. The number of amides is 1. The zero-order chi connectivity index (χ0) is 41.1. The van der Waals surface area contributed by atoms with E-state index in [1.165, 1.54) is 11.5 Å². The molecule has 0 spiro atoms. The van der Waals surface area contributed by atoms with Crippen molar-refractivity contribution in [3.05, 3.63) is 116 Å². The highest BCUT2D eigenvalue weighted by atomic mass is 127. The number of aromatic nitrogens is 2. The van der Waals surface area contributed by atoms with Crippen molar-refractivity contribution in [2.45, 2.75) is 83.6 Å². The molecule has 1 saturated heterocycles. The number of methoxy groups -OCH3 is 2. The summed E-state index contributed by atoms with van der Waals surface area (Å²) in [4.78, 5) is 33.7. The molecule has 1 amide bonds. The molecule has 1 aliphatic heterocycles. The molecule has 0 radical (unpaired) electrons. The Bertz CT molecular complexity index is 1930. The van der Waals surface area contributed by atoms with E-state index in [0.717, 1.165) is 16.7 Å². The highest BCUT2D eigenvalue weighted by Crippen LogP contribution is 2.50. The van der Waals surface area contributed by atoms with Crippen molar-refractivity contribution < 1.29 is 32.8 Å². The largest absolute Gasteiger partial charge is 0.497 e. The molecule has 4 atom stereocenters. The van der Waals surface area contributed by atoms with Crippen LogP contribution >= 0.6 is 31.1 Å². The zero-order valence-corrected chi connectivity index (χ0v) is 36.8. The Morgan fingerprint density at radius 1 is 1.00 bits per heavy atom. The molecular weight excluding hydrogens is 860 g/mol. The molecule has 306 valence electrons. The molecule has 0 saturated carbocycles. The van der Waals surface area contributed by atoms with E-state index in [0.29, 0.717) is 34.5 Å². The van der Waals surface area contributed by atoms with Gasteiger partial charge in [-0.05, 0) is 91.2 Å². The standard InChI is InChI=1S/C42H53IN5O8P/c1-28(2)48(29(3)4)57(54-24-12-23-44-6)56-37-25-39(47-26-36(43)40(45-30(5)49)46-41(47)50)55-38(37)27-53-42(31-13-10-9-11-14-31,32-15-19-34(51-7)20-16-32)33-17-21-35(52-8)22-18-33/h9-11,13-23,26,28-29,37-39H,12,24-25,27H2,1-8H3,(H,45,46,49,50)/b44-23-. The van der Waals surface area contributed by atoms with Crippen molar-refractivity contribution >= 4 is 49.1 Å². The number of halogens is 1. The summed E-state index contributed by atoms with van der Waals surface area (Å²) in [6.07, 6.45) is 2.41. The number of benzene rings is 3. The molecule has 1 aromatic heterocycles. The Labute approximate surface area is 350 Å². The first-order chi connectivity index (χ1) is 27.4. The number of rotatable bonds is 19. The maximum atomic E-state index is 13.5. The number of nitrogens with one attached hydrogen (secondary N) is 1. The first-order valence-corrected chi connectivity index (χ1v) is 21.1. The monoisotopic (exact) mass is 913 g/mol. The molecule has 1 N–H and O–H groups in total. The summed E-state index contributed by atoms with van der Waals surface area (Å²) in [6, 6.07) is 25.9. The van der Waals surface area contributed by atoms with Crippen LogP contribution in [0.4, 0.5) is 5.82 Å². The minimum atomic E-state index is -1.60. The maximum Gasteiger partial charge on any atom is 0.351 e. The lowest BCUT2D eigenvalue weighted by molar-refractivity contribution is -0.114. The second-order valence-corrected chi connectivity index (χ2v) is 16.6. The molecule has 1 fully saturated rings. The molecular formula is C42H53IN5O8P. The number of nitrogens with zero attached hydrogens (tertiary/aromatic N) is 4. The number of anilines is 1.